The lowest BCUT2D eigenvalue weighted by Crippen LogP contribution is -2.14. The lowest BCUT2D eigenvalue weighted by atomic mass is 10.1. The summed E-state index contributed by atoms with van der Waals surface area (Å²) >= 11 is 0. The van der Waals surface area contributed by atoms with Crippen molar-refractivity contribution in [3.8, 4) is 0 Å². The number of esters is 1. The highest BCUT2D eigenvalue weighted by Gasteiger charge is 2.17. The van der Waals surface area contributed by atoms with Crippen molar-refractivity contribution in [2.45, 2.75) is 32.1 Å². The number of carbonyl (C=O) groups is 1. The molecule has 0 aromatic heterocycles. The number of hydrogen-bond donors (Lipinski definition) is 1. The Kier molecular flexibility index (Phi) is 5.62. The van der Waals surface area contributed by atoms with Gasteiger partial charge in [-0.2, -0.15) is 0 Å². The number of carbonyl (C=O) groups excluding carboxylic acids is 1. The van der Waals surface area contributed by atoms with Crippen LogP contribution in [0.25, 0.3) is 0 Å². The molecule has 2 rings (SSSR count). The van der Waals surface area contributed by atoms with E-state index >= 15 is 0 Å². The number of ether oxygens (including phenoxy) is 1. The van der Waals surface area contributed by atoms with Gasteiger partial charge in [0.25, 0.3) is 10.0 Å². The molecule has 24 heavy (non-hydrogen) atoms. The summed E-state index contributed by atoms with van der Waals surface area (Å²) in [4.78, 5) is 11.7. The number of sulfonamides is 1. The van der Waals surface area contributed by atoms with E-state index in [4.69, 9.17) is 4.74 Å². The lowest BCUT2D eigenvalue weighted by molar-refractivity contribution is -0.142. The molecule has 0 saturated carbocycles. The van der Waals surface area contributed by atoms with Crippen LogP contribution < -0.4 is 4.72 Å². The maximum atomic E-state index is 12.5. The first kappa shape index (κ1) is 18.0. The van der Waals surface area contributed by atoms with Crippen LogP contribution in [0.15, 0.2) is 47.4 Å². The van der Waals surface area contributed by atoms with E-state index in [0.29, 0.717) is 17.9 Å². The molecule has 0 amide bonds. The molecule has 0 bridgehead atoms. The zero-order valence-corrected chi connectivity index (χ0v) is 14.8. The van der Waals surface area contributed by atoms with Crippen molar-refractivity contribution < 1.29 is 17.9 Å². The van der Waals surface area contributed by atoms with E-state index in [1.807, 2.05) is 13.0 Å². The molecule has 0 unspecified atom stereocenters. The fourth-order valence-corrected chi connectivity index (χ4v) is 3.67. The van der Waals surface area contributed by atoms with E-state index in [1.54, 1.807) is 50.2 Å². The van der Waals surface area contributed by atoms with Crippen molar-refractivity contribution in [2.75, 3.05) is 11.3 Å². The normalized spacial score (nSPS) is 11.1. The number of aryl methyl sites for hydroxylation is 2. The van der Waals surface area contributed by atoms with Crippen LogP contribution >= 0.6 is 0 Å². The predicted octanol–water partition coefficient (Wildman–Crippen LogP) is 3.21. The first-order valence-electron chi connectivity index (χ1n) is 7.66. The molecule has 5 nitrogen and oxygen atoms in total. The Morgan fingerprint density at radius 3 is 2.38 bits per heavy atom. The van der Waals surface area contributed by atoms with Gasteiger partial charge in [-0.15, -0.1) is 0 Å². The van der Waals surface area contributed by atoms with Crippen LogP contribution in [-0.4, -0.2) is 21.0 Å². The van der Waals surface area contributed by atoms with Crippen LogP contribution in [0.3, 0.4) is 0 Å². The van der Waals surface area contributed by atoms with Gasteiger partial charge in [0.05, 0.1) is 17.9 Å². The Bertz CT molecular complexity index is 827. The van der Waals surface area contributed by atoms with Gasteiger partial charge in [-0.05, 0) is 55.7 Å². The Hall–Kier alpha value is -2.34. The molecule has 0 heterocycles. The van der Waals surface area contributed by atoms with Crippen LogP contribution in [0.2, 0.25) is 0 Å². The standard InChI is InChI=1S/C18H21NO4S/c1-4-23-18(20)12-15-7-9-16(10-8-15)19-24(21,22)17-11-13(2)5-6-14(17)3/h5-11,19H,4,12H2,1-3H3. The average Bonchev–Trinajstić information content (AvgIpc) is 2.51. The fourth-order valence-electron chi connectivity index (χ4n) is 2.28. The summed E-state index contributed by atoms with van der Waals surface area (Å²) in [5.74, 6) is -0.304. The zero-order valence-electron chi connectivity index (χ0n) is 14.0. The Morgan fingerprint density at radius 1 is 1.08 bits per heavy atom. The topological polar surface area (TPSA) is 72.5 Å². The van der Waals surface area contributed by atoms with E-state index < -0.39 is 10.0 Å². The van der Waals surface area contributed by atoms with Crippen LogP contribution in [0.4, 0.5) is 5.69 Å². The summed E-state index contributed by atoms with van der Waals surface area (Å²) in [6, 6.07) is 12.0. The molecule has 0 aliphatic carbocycles. The number of benzene rings is 2. The van der Waals surface area contributed by atoms with Gasteiger partial charge in [0.15, 0.2) is 0 Å². The second-order valence-corrected chi connectivity index (χ2v) is 7.20. The van der Waals surface area contributed by atoms with Crippen molar-refractivity contribution in [3.63, 3.8) is 0 Å². The van der Waals surface area contributed by atoms with Crippen molar-refractivity contribution in [2.24, 2.45) is 0 Å². The third-order valence-electron chi connectivity index (χ3n) is 3.49. The minimum absolute atomic E-state index is 0.165. The van der Waals surface area contributed by atoms with Gasteiger partial charge in [0, 0.05) is 5.69 Å². The third kappa shape index (κ3) is 4.58. The van der Waals surface area contributed by atoms with Crippen molar-refractivity contribution in [1.82, 2.24) is 0 Å². The van der Waals surface area contributed by atoms with E-state index in [9.17, 15) is 13.2 Å². The molecule has 0 atom stereocenters. The summed E-state index contributed by atoms with van der Waals surface area (Å²) < 4.78 is 32.5. The van der Waals surface area contributed by atoms with Crippen molar-refractivity contribution in [3.05, 3.63) is 59.2 Å². The smallest absolute Gasteiger partial charge is 0.310 e. The van der Waals surface area contributed by atoms with E-state index in [2.05, 4.69) is 4.72 Å². The highest BCUT2D eigenvalue weighted by atomic mass is 32.2. The number of rotatable bonds is 6. The number of nitrogens with one attached hydrogen (secondary N) is 1. The Balaban J connectivity index is 2.15. The van der Waals surface area contributed by atoms with Gasteiger partial charge in [0.2, 0.25) is 0 Å². The van der Waals surface area contributed by atoms with Gasteiger partial charge in [-0.25, -0.2) is 8.42 Å². The predicted molar refractivity (Wildman–Crippen MR) is 93.5 cm³/mol. The second-order valence-electron chi connectivity index (χ2n) is 5.55. The van der Waals surface area contributed by atoms with Gasteiger partial charge in [-0.3, -0.25) is 9.52 Å². The molecule has 1 N–H and O–H groups in total. The van der Waals surface area contributed by atoms with Gasteiger partial charge in [-0.1, -0.05) is 24.3 Å². The summed E-state index contributed by atoms with van der Waals surface area (Å²) in [7, 11) is -3.65. The van der Waals surface area contributed by atoms with Crippen LogP contribution in [0, 0.1) is 13.8 Å². The Labute approximate surface area is 142 Å². The first-order valence-corrected chi connectivity index (χ1v) is 9.15. The van der Waals surface area contributed by atoms with E-state index in [1.165, 1.54) is 0 Å². The molecule has 0 aliphatic heterocycles. The maximum Gasteiger partial charge on any atom is 0.310 e. The molecule has 2 aromatic rings. The van der Waals surface area contributed by atoms with Crippen LogP contribution in [-0.2, 0) is 26.0 Å². The minimum atomic E-state index is -3.65. The molecule has 0 radical (unpaired) electrons. The SMILES string of the molecule is CCOC(=O)Cc1ccc(NS(=O)(=O)c2cc(C)ccc2C)cc1. The fraction of sp³-hybridized carbons (Fsp3) is 0.278. The highest BCUT2D eigenvalue weighted by Crippen LogP contribution is 2.21. The summed E-state index contributed by atoms with van der Waals surface area (Å²) in [5.41, 5.74) is 2.78. The number of hydrogen-bond acceptors (Lipinski definition) is 4. The second kappa shape index (κ2) is 7.49. The van der Waals surface area contributed by atoms with Gasteiger partial charge < -0.3 is 4.74 Å². The maximum absolute atomic E-state index is 12.5. The van der Waals surface area contributed by atoms with E-state index in [-0.39, 0.29) is 17.3 Å². The molecule has 0 aliphatic rings. The van der Waals surface area contributed by atoms with Crippen LogP contribution in [0.5, 0.6) is 0 Å². The quantitative estimate of drug-likeness (QED) is 0.815. The lowest BCUT2D eigenvalue weighted by Gasteiger charge is -2.11. The average molecular weight is 347 g/mol. The minimum Gasteiger partial charge on any atom is -0.466 e. The third-order valence-corrected chi connectivity index (χ3v) is 5.02. The monoisotopic (exact) mass is 347 g/mol. The summed E-state index contributed by atoms with van der Waals surface area (Å²) in [6.45, 7) is 5.70. The molecule has 0 fully saturated rings. The molecular weight excluding hydrogens is 326 g/mol. The summed E-state index contributed by atoms with van der Waals surface area (Å²) in [6.07, 6.45) is 0.165. The molecule has 2 aromatic carbocycles. The Morgan fingerprint density at radius 2 is 1.75 bits per heavy atom. The van der Waals surface area contributed by atoms with Crippen LogP contribution in [0.1, 0.15) is 23.6 Å². The van der Waals surface area contributed by atoms with Crippen molar-refractivity contribution >= 4 is 21.7 Å². The van der Waals surface area contributed by atoms with Gasteiger partial charge >= 0.3 is 5.97 Å². The molecule has 128 valence electrons. The van der Waals surface area contributed by atoms with Gasteiger partial charge in [0.1, 0.15) is 0 Å². The summed E-state index contributed by atoms with van der Waals surface area (Å²) in [5, 5.41) is 0. The van der Waals surface area contributed by atoms with E-state index in [0.717, 1.165) is 11.1 Å². The molecular formula is C18H21NO4S. The molecule has 6 heteroatoms. The highest BCUT2D eigenvalue weighted by molar-refractivity contribution is 7.92. The first-order chi connectivity index (χ1) is 11.3. The number of anilines is 1. The zero-order chi connectivity index (χ0) is 17.7. The van der Waals surface area contributed by atoms with Crippen molar-refractivity contribution in [1.29, 1.82) is 0 Å². The largest absolute Gasteiger partial charge is 0.466 e. The molecule has 0 saturated heterocycles. The molecule has 0 spiro atoms.